The van der Waals surface area contributed by atoms with Crippen molar-refractivity contribution in [2.45, 2.75) is 13.0 Å². The van der Waals surface area contributed by atoms with Crippen LogP contribution in [0.5, 0.6) is 5.75 Å². The first-order valence-corrected chi connectivity index (χ1v) is 5.22. The van der Waals surface area contributed by atoms with Crippen molar-refractivity contribution in [2.75, 3.05) is 26.2 Å². The summed E-state index contributed by atoms with van der Waals surface area (Å²) in [4.78, 5) is 10.2. The molecule has 0 bridgehead atoms. The summed E-state index contributed by atoms with van der Waals surface area (Å²) in [5.74, 6) is 0.184. The van der Waals surface area contributed by atoms with Crippen LogP contribution in [0.25, 0.3) is 0 Å². The van der Waals surface area contributed by atoms with Gasteiger partial charge in [-0.3, -0.25) is 4.90 Å². The lowest BCUT2D eigenvalue weighted by molar-refractivity contribution is 0.179. The van der Waals surface area contributed by atoms with E-state index in [2.05, 4.69) is 27.1 Å². The van der Waals surface area contributed by atoms with Gasteiger partial charge in [-0.15, -0.1) is 0 Å². The molecule has 5 nitrogen and oxygen atoms in total. The number of aromatic nitrogens is 2. The Morgan fingerprint density at radius 1 is 1.47 bits per heavy atom. The normalized spacial score (nSPS) is 20.1. The lowest BCUT2D eigenvalue weighted by atomic mass is 10.1. The molecular formula is C10H16N4O. The Labute approximate surface area is 89.2 Å². The third-order valence-electron chi connectivity index (χ3n) is 2.82. The molecule has 1 aromatic rings. The van der Waals surface area contributed by atoms with E-state index >= 15 is 0 Å². The van der Waals surface area contributed by atoms with Gasteiger partial charge in [0.05, 0.1) is 12.2 Å². The highest BCUT2D eigenvalue weighted by atomic mass is 16.3. The fourth-order valence-corrected chi connectivity index (χ4v) is 1.90. The lowest BCUT2D eigenvalue weighted by Gasteiger charge is -2.32. The molecule has 0 aliphatic carbocycles. The molecule has 1 aromatic heterocycles. The quantitative estimate of drug-likeness (QED) is 0.724. The summed E-state index contributed by atoms with van der Waals surface area (Å²) < 4.78 is 0. The molecule has 1 saturated heterocycles. The Balaban J connectivity index is 2.12. The van der Waals surface area contributed by atoms with Gasteiger partial charge in [0.2, 0.25) is 0 Å². The molecule has 1 aliphatic heterocycles. The topological polar surface area (TPSA) is 61.3 Å². The minimum atomic E-state index is 0.148. The second-order valence-corrected chi connectivity index (χ2v) is 3.76. The number of hydrogen-bond donors (Lipinski definition) is 2. The van der Waals surface area contributed by atoms with E-state index in [1.165, 1.54) is 12.5 Å². The van der Waals surface area contributed by atoms with Crippen LogP contribution < -0.4 is 5.32 Å². The van der Waals surface area contributed by atoms with Crippen LogP contribution in [-0.2, 0) is 0 Å². The lowest BCUT2D eigenvalue weighted by Crippen LogP contribution is -2.44. The molecule has 0 spiro atoms. The van der Waals surface area contributed by atoms with Crippen LogP contribution in [-0.4, -0.2) is 46.2 Å². The molecule has 0 amide bonds. The zero-order valence-corrected chi connectivity index (χ0v) is 8.85. The van der Waals surface area contributed by atoms with Crippen molar-refractivity contribution in [1.82, 2.24) is 20.2 Å². The number of rotatable bonds is 2. The van der Waals surface area contributed by atoms with E-state index in [0.717, 1.165) is 26.2 Å². The average molecular weight is 208 g/mol. The second-order valence-electron chi connectivity index (χ2n) is 3.76. The Hall–Kier alpha value is -1.20. The summed E-state index contributed by atoms with van der Waals surface area (Å²) in [5, 5.41) is 12.9. The summed E-state index contributed by atoms with van der Waals surface area (Å²) in [6, 6.07) is 0.148. The van der Waals surface area contributed by atoms with Crippen LogP contribution >= 0.6 is 0 Å². The maximum Gasteiger partial charge on any atom is 0.157 e. The molecular weight excluding hydrogens is 192 g/mol. The molecule has 1 unspecified atom stereocenters. The van der Waals surface area contributed by atoms with E-state index in [0.29, 0.717) is 5.69 Å². The molecule has 0 aromatic carbocycles. The summed E-state index contributed by atoms with van der Waals surface area (Å²) in [6.45, 7) is 6.04. The Bertz CT molecular complexity index is 325. The summed E-state index contributed by atoms with van der Waals surface area (Å²) in [6.07, 6.45) is 2.93. The molecule has 2 N–H and O–H groups in total. The third-order valence-corrected chi connectivity index (χ3v) is 2.82. The Morgan fingerprint density at radius 3 is 2.87 bits per heavy atom. The van der Waals surface area contributed by atoms with Crippen LogP contribution in [0.1, 0.15) is 18.7 Å². The van der Waals surface area contributed by atoms with Crippen molar-refractivity contribution in [2.24, 2.45) is 0 Å². The fourth-order valence-electron chi connectivity index (χ4n) is 1.90. The molecule has 1 fully saturated rings. The Kier molecular flexibility index (Phi) is 3.13. The first-order valence-electron chi connectivity index (χ1n) is 5.22. The third kappa shape index (κ3) is 2.24. The van der Waals surface area contributed by atoms with Gasteiger partial charge >= 0.3 is 0 Å². The Morgan fingerprint density at radius 2 is 2.20 bits per heavy atom. The van der Waals surface area contributed by atoms with E-state index < -0.39 is 0 Å². The first kappa shape index (κ1) is 10.3. The van der Waals surface area contributed by atoms with Gasteiger partial charge in [-0.25, -0.2) is 9.97 Å². The molecule has 0 radical (unpaired) electrons. The maximum atomic E-state index is 9.64. The summed E-state index contributed by atoms with van der Waals surface area (Å²) in [5.41, 5.74) is 0.715. The highest BCUT2D eigenvalue weighted by Gasteiger charge is 2.21. The van der Waals surface area contributed by atoms with Crippen LogP contribution in [0.2, 0.25) is 0 Å². The van der Waals surface area contributed by atoms with Crippen LogP contribution in [0.4, 0.5) is 0 Å². The van der Waals surface area contributed by atoms with Crippen molar-refractivity contribution >= 4 is 0 Å². The smallest absolute Gasteiger partial charge is 0.157 e. The molecule has 2 heterocycles. The van der Waals surface area contributed by atoms with Crippen molar-refractivity contribution in [3.05, 3.63) is 18.2 Å². The minimum absolute atomic E-state index is 0.148. The molecule has 5 heteroatoms. The van der Waals surface area contributed by atoms with E-state index in [1.54, 1.807) is 0 Å². The van der Waals surface area contributed by atoms with Crippen LogP contribution in [0, 0.1) is 0 Å². The monoisotopic (exact) mass is 208 g/mol. The fraction of sp³-hybridized carbons (Fsp3) is 0.600. The number of hydrogen-bond acceptors (Lipinski definition) is 5. The largest absolute Gasteiger partial charge is 0.504 e. The highest BCUT2D eigenvalue weighted by Crippen LogP contribution is 2.24. The zero-order valence-electron chi connectivity index (χ0n) is 8.85. The van der Waals surface area contributed by atoms with E-state index in [1.807, 2.05) is 0 Å². The summed E-state index contributed by atoms with van der Waals surface area (Å²) in [7, 11) is 0. The van der Waals surface area contributed by atoms with Crippen molar-refractivity contribution < 1.29 is 5.11 Å². The predicted molar refractivity (Wildman–Crippen MR) is 56.6 cm³/mol. The average Bonchev–Trinajstić information content (AvgIpc) is 2.30. The van der Waals surface area contributed by atoms with Gasteiger partial charge in [0.15, 0.2) is 5.75 Å². The number of aromatic hydroxyl groups is 1. The highest BCUT2D eigenvalue weighted by molar-refractivity contribution is 5.24. The van der Waals surface area contributed by atoms with Crippen molar-refractivity contribution in [3.8, 4) is 5.75 Å². The molecule has 1 aliphatic rings. The molecule has 1 atom stereocenters. The molecule has 2 rings (SSSR count). The van der Waals surface area contributed by atoms with E-state index in [4.69, 9.17) is 0 Å². The van der Waals surface area contributed by atoms with E-state index in [-0.39, 0.29) is 11.8 Å². The van der Waals surface area contributed by atoms with E-state index in [9.17, 15) is 5.11 Å². The van der Waals surface area contributed by atoms with Gasteiger partial charge in [-0.1, -0.05) is 0 Å². The summed E-state index contributed by atoms with van der Waals surface area (Å²) >= 11 is 0. The molecule has 0 saturated carbocycles. The van der Waals surface area contributed by atoms with Crippen LogP contribution in [0.3, 0.4) is 0 Å². The molecule has 82 valence electrons. The van der Waals surface area contributed by atoms with Crippen LogP contribution in [0.15, 0.2) is 12.5 Å². The predicted octanol–water partition coefficient (Wildman–Crippen LogP) is 0.148. The number of nitrogens with one attached hydrogen (secondary N) is 1. The zero-order chi connectivity index (χ0) is 10.7. The standard InChI is InChI=1S/C10H16N4O/c1-8(14-4-2-11-3-5-14)10-9(15)6-12-7-13-10/h6-8,11,15H,2-5H2,1H3. The van der Waals surface area contributed by atoms with Gasteiger partial charge < -0.3 is 10.4 Å². The van der Waals surface area contributed by atoms with Gasteiger partial charge in [0.25, 0.3) is 0 Å². The van der Waals surface area contributed by atoms with Gasteiger partial charge in [0.1, 0.15) is 12.0 Å². The van der Waals surface area contributed by atoms with Crippen molar-refractivity contribution in [3.63, 3.8) is 0 Å². The van der Waals surface area contributed by atoms with Gasteiger partial charge in [-0.2, -0.15) is 0 Å². The minimum Gasteiger partial charge on any atom is -0.504 e. The number of nitrogens with zero attached hydrogens (tertiary/aromatic N) is 3. The van der Waals surface area contributed by atoms with Gasteiger partial charge in [0, 0.05) is 26.2 Å². The second kappa shape index (κ2) is 4.55. The molecule has 15 heavy (non-hydrogen) atoms. The van der Waals surface area contributed by atoms with Crippen molar-refractivity contribution in [1.29, 1.82) is 0 Å². The first-order chi connectivity index (χ1) is 7.29. The maximum absolute atomic E-state index is 9.64. The van der Waals surface area contributed by atoms with Gasteiger partial charge in [-0.05, 0) is 6.92 Å². The number of piperazine rings is 1. The SMILES string of the molecule is CC(c1ncncc1O)N1CCNCC1.